The van der Waals surface area contributed by atoms with E-state index >= 15 is 0 Å². The Hall–Kier alpha value is -2.60. The number of esters is 2. The average Bonchev–Trinajstić information content (AvgIpc) is 3.14. The summed E-state index contributed by atoms with van der Waals surface area (Å²) in [4.78, 5) is 36.8. The Balaban J connectivity index is 2.12. The van der Waals surface area contributed by atoms with Crippen molar-refractivity contribution in [2.75, 3.05) is 18.7 Å². The highest BCUT2D eigenvalue weighted by Crippen LogP contribution is 2.45. The smallest absolute Gasteiger partial charge is 0.332 e. The molecule has 35 heavy (non-hydrogen) atoms. The number of nitrogens with two attached hydrogens (primary N) is 1. The fourth-order valence-electron chi connectivity index (χ4n) is 2.98. The molecule has 0 radical (unpaired) electrons. The minimum atomic E-state index is -3.88. The Bertz CT molecular complexity index is 1070. The first kappa shape index (κ1) is 28.6. The van der Waals surface area contributed by atoms with Crippen LogP contribution in [0.15, 0.2) is 12.7 Å². The number of hydrogen-bond acceptors (Lipinski definition) is 11. The lowest BCUT2D eigenvalue weighted by atomic mass is 10.1. The molecule has 0 saturated carbocycles. The Morgan fingerprint density at radius 2 is 1.77 bits per heavy atom. The standard InChI is InChI=1S/C21H35N6O7P/c1-13(2)33-16(28)9-32-35(30,26-21(6,7)20(29)34-14(3)4)12-31-15(5)8-27-11-25-17-18(22)23-10-24-19(17)27/h10-11,13-15H,8-9,12H2,1-7H3,(H,26,30)(H2,22,23,24). The molecule has 3 N–H and O–H groups in total. The Kier molecular flexibility index (Phi) is 9.73. The first-order valence-corrected chi connectivity index (χ1v) is 13.0. The van der Waals surface area contributed by atoms with Gasteiger partial charge >= 0.3 is 11.9 Å². The summed E-state index contributed by atoms with van der Waals surface area (Å²) < 4.78 is 36.9. The van der Waals surface area contributed by atoms with Crippen LogP contribution < -0.4 is 10.8 Å². The molecule has 0 aromatic carbocycles. The van der Waals surface area contributed by atoms with E-state index in [4.69, 9.17) is 24.5 Å². The maximum absolute atomic E-state index is 13.6. The molecule has 2 atom stereocenters. The fraction of sp³-hybridized carbons (Fsp3) is 0.667. The topological polar surface area (TPSA) is 170 Å². The van der Waals surface area contributed by atoms with E-state index < -0.39 is 44.1 Å². The third kappa shape index (κ3) is 8.53. The van der Waals surface area contributed by atoms with Gasteiger partial charge in [0.15, 0.2) is 18.1 Å². The van der Waals surface area contributed by atoms with Crippen molar-refractivity contribution in [3.63, 3.8) is 0 Å². The van der Waals surface area contributed by atoms with Crippen LogP contribution in [0.5, 0.6) is 0 Å². The highest BCUT2D eigenvalue weighted by atomic mass is 31.2. The number of ether oxygens (including phenoxy) is 3. The molecule has 13 nitrogen and oxygen atoms in total. The zero-order valence-corrected chi connectivity index (χ0v) is 22.1. The van der Waals surface area contributed by atoms with Crippen LogP contribution in [0.3, 0.4) is 0 Å². The Labute approximate surface area is 204 Å². The summed E-state index contributed by atoms with van der Waals surface area (Å²) in [7, 11) is -3.88. The molecule has 0 fully saturated rings. The van der Waals surface area contributed by atoms with Gasteiger partial charge in [-0.2, -0.15) is 0 Å². The Morgan fingerprint density at radius 3 is 2.40 bits per heavy atom. The van der Waals surface area contributed by atoms with Crippen LogP contribution in [0.2, 0.25) is 0 Å². The van der Waals surface area contributed by atoms with Crippen LogP contribution in [-0.4, -0.2) is 68.3 Å². The average molecular weight is 515 g/mol. The normalized spacial score (nSPS) is 14.8. The molecule has 0 bridgehead atoms. The minimum Gasteiger partial charge on any atom is -0.462 e. The third-order valence-corrected chi connectivity index (χ3v) is 6.41. The number of nitrogen functional groups attached to an aromatic ring is 1. The minimum absolute atomic E-state index is 0.258. The number of hydrogen-bond donors (Lipinski definition) is 2. The molecule has 0 amide bonds. The van der Waals surface area contributed by atoms with Gasteiger partial charge in [0.25, 0.3) is 7.52 Å². The van der Waals surface area contributed by atoms with Crippen molar-refractivity contribution >= 4 is 36.4 Å². The summed E-state index contributed by atoms with van der Waals surface area (Å²) in [6.45, 7) is 11.3. The molecule has 2 rings (SSSR count). The maximum atomic E-state index is 13.6. The molecule has 0 spiro atoms. The van der Waals surface area contributed by atoms with Gasteiger partial charge in [-0.3, -0.25) is 9.36 Å². The quantitative estimate of drug-likeness (QED) is 0.296. The zero-order chi connectivity index (χ0) is 26.4. The molecule has 0 aliphatic rings. The Morgan fingerprint density at radius 1 is 1.11 bits per heavy atom. The van der Waals surface area contributed by atoms with Crippen molar-refractivity contribution in [2.45, 2.75) is 78.9 Å². The molecule has 0 aliphatic carbocycles. The van der Waals surface area contributed by atoms with Gasteiger partial charge in [0.1, 0.15) is 23.7 Å². The van der Waals surface area contributed by atoms with Crippen LogP contribution in [0.4, 0.5) is 5.82 Å². The van der Waals surface area contributed by atoms with Crippen molar-refractivity contribution in [2.24, 2.45) is 0 Å². The summed E-state index contributed by atoms with van der Waals surface area (Å²) in [5, 5.41) is 2.70. The number of nitrogens with zero attached hydrogens (tertiary/aromatic N) is 4. The van der Waals surface area contributed by atoms with Gasteiger partial charge in [-0.1, -0.05) is 0 Å². The van der Waals surface area contributed by atoms with Gasteiger partial charge in [0, 0.05) is 0 Å². The number of anilines is 1. The van der Waals surface area contributed by atoms with Gasteiger partial charge in [-0.25, -0.2) is 24.8 Å². The molecule has 196 valence electrons. The SMILES string of the molecule is CC(C)OC(=O)COP(=O)(COC(C)Cn1cnc2c(N)ncnc21)NC(C)(C)C(=O)OC(C)C. The van der Waals surface area contributed by atoms with Crippen molar-refractivity contribution in [1.82, 2.24) is 24.6 Å². The first-order chi connectivity index (χ1) is 16.2. The number of rotatable bonds is 13. The lowest BCUT2D eigenvalue weighted by Crippen LogP contribution is -2.47. The molecule has 2 unspecified atom stereocenters. The molecule has 0 aliphatic heterocycles. The van der Waals surface area contributed by atoms with Gasteiger partial charge < -0.3 is 29.0 Å². The van der Waals surface area contributed by atoms with Gasteiger partial charge in [-0.05, 0) is 48.5 Å². The predicted molar refractivity (Wildman–Crippen MR) is 128 cm³/mol. The van der Waals surface area contributed by atoms with E-state index in [1.807, 2.05) is 0 Å². The number of aromatic nitrogens is 4. The van der Waals surface area contributed by atoms with Crippen molar-refractivity contribution in [1.29, 1.82) is 0 Å². The molecule has 0 saturated heterocycles. The zero-order valence-electron chi connectivity index (χ0n) is 21.2. The van der Waals surface area contributed by atoms with E-state index in [9.17, 15) is 14.2 Å². The maximum Gasteiger partial charge on any atom is 0.332 e. The van der Waals surface area contributed by atoms with Crippen molar-refractivity contribution in [3.8, 4) is 0 Å². The second-order valence-electron chi connectivity index (χ2n) is 9.11. The van der Waals surface area contributed by atoms with Crippen LogP contribution >= 0.6 is 7.52 Å². The summed E-state index contributed by atoms with van der Waals surface area (Å²) in [6, 6.07) is 0. The highest BCUT2D eigenvalue weighted by Gasteiger charge is 2.39. The van der Waals surface area contributed by atoms with Crippen LogP contribution in [0, 0.1) is 0 Å². The summed E-state index contributed by atoms with van der Waals surface area (Å²) in [5.74, 6) is -1.07. The van der Waals surface area contributed by atoms with E-state index in [1.165, 1.54) is 20.2 Å². The lowest BCUT2D eigenvalue weighted by molar-refractivity contribution is -0.153. The van der Waals surface area contributed by atoms with Crippen molar-refractivity contribution in [3.05, 3.63) is 12.7 Å². The number of imidazole rings is 1. The van der Waals surface area contributed by atoms with Crippen LogP contribution in [0.1, 0.15) is 48.5 Å². The highest BCUT2D eigenvalue weighted by molar-refractivity contribution is 7.56. The molecule has 2 aromatic heterocycles. The summed E-state index contributed by atoms with van der Waals surface area (Å²) in [5.41, 5.74) is 5.43. The van der Waals surface area contributed by atoms with E-state index in [-0.39, 0.29) is 18.0 Å². The van der Waals surface area contributed by atoms with Crippen LogP contribution in [-0.2, 0) is 39.4 Å². The van der Waals surface area contributed by atoms with Crippen LogP contribution in [0.25, 0.3) is 11.2 Å². The number of carbonyl (C=O) groups excluding carboxylic acids is 2. The first-order valence-electron chi connectivity index (χ1n) is 11.2. The predicted octanol–water partition coefficient (Wildman–Crippen LogP) is 2.25. The number of carbonyl (C=O) groups is 2. The van der Waals surface area contributed by atoms with Gasteiger partial charge in [0.05, 0.1) is 31.2 Å². The van der Waals surface area contributed by atoms with E-state index in [1.54, 1.807) is 45.5 Å². The molecule has 2 heterocycles. The lowest BCUT2D eigenvalue weighted by Gasteiger charge is -2.30. The molecule has 14 heteroatoms. The van der Waals surface area contributed by atoms with Gasteiger partial charge in [-0.15, -0.1) is 0 Å². The van der Waals surface area contributed by atoms with E-state index in [2.05, 4.69) is 20.0 Å². The second kappa shape index (κ2) is 11.9. The third-order valence-electron chi connectivity index (χ3n) is 4.47. The number of fused-ring (bicyclic) bond motifs is 1. The second-order valence-corrected chi connectivity index (χ2v) is 11.2. The van der Waals surface area contributed by atoms with E-state index in [0.29, 0.717) is 17.7 Å². The monoisotopic (exact) mass is 514 g/mol. The summed E-state index contributed by atoms with van der Waals surface area (Å²) in [6.07, 6.45) is 1.25. The summed E-state index contributed by atoms with van der Waals surface area (Å²) >= 11 is 0. The molecular formula is C21H35N6O7P. The fourth-order valence-corrected chi connectivity index (χ4v) is 4.89. The van der Waals surface area contributed by atoms with Gasteiger partial charge in [0.2, 0.25) is 0 Å². The number of nitrogens with one attached hydrogen (secondary N) is 1. The molecular weight excluding hydrogens is 479 g/mol. The van der Waals surface area contributed by atoms with E-state index in [0.717, 1.165) is 0 Å². The molecule has 2 aromatic rings. The largest absolute Gasteiger partial charge is 0.462 e. The van der Waals surface area contributed by atoms with Crippen molar-refractivity contribution < 1.29 is 32.9 Å².